The fourth-order valence-corrected chi connectivity index (χ4v) is 5.64. The van der Waals surface area contributed by atoms with Crippen LogP contribution in [0.5, 0.6) is 0 Å². The minimum Gasteiger partial charge on any atom is -0.365 e. The number of amides is 3. The Labute approximate surface area is 196 Å². The summed E-state index contributed by atoms with van der Waals surface area (Å²) >= 11 is 6.65. The predicted molar refractivity (Wildman–Crippen MR) is 123 cm³/mol. The normalized spacial score (nSPS) is 26.2. The Balaban J connectivity index is 1.36. The van der Waals surface area contributed by atoms with Gasteiger partial charge < -0.3 is 16.0 Å². The summed E-state index contributed by atoms with van der Waals surface area (Å²) in [4.78, 5) is 30.4. The quantitative estimate of drug-likeness (QED) is 0.406. The van der Waals surface area contributed by atoms with Crippen molar-refractivity contribution in [2.24, 2.45) is 11.7 Å². The van der Waals surface area contributed by atoms with Gasteiger partial charge in [0.25, 0.3) is 5.91 Å². The van der Waals surface area contributed by atoms with Crippen molar-refractivity contribution in [2.45, 2.75) is 43.3 Å². The highest BCUT2D eigenvalue weighted by Gasteiger charge is 2.43. The lowest BCUT2D eigenvalue weighted by Crippen LogP contribution is -2.43. The van der Waals surface area contributed by atoms with Crippen LogP contribution in [-0.2, 0) is 13.1 Å². The van der Waals surface area contributed by atoms with Crippen molar-refractivity contribution in [3.63, 3.8) is 0 Å². The van der Waals surface area contributed by atoms with E-state index in [0.29, 0.717) is 53.8 Å². The van der Waals surface area contributed by atoms with E-state index in [2.05, 4.69) is 21.0 Å². The van der Waals surface area contributed by atoms with E-state index in [1.165, 1.54) is 0 Å². The monoisotopic (exact) mass is 468 g/mol. The van der Waals surface area contributed by atoms with Crippen molar-refractivity contribution in [3.8, 4) is 0 Å². The Hall–Kier alpha value is -3.13. The zero-order valence-electron chi connectivity index (χ0n) is 17.9. The minimum atomic E-state index is -0.529. The topological polar surface area (TPSA) is 122 Å². The third-order valence-electron chi connectivity index (χ3n) is 6.80. The number of hydrazine groups is 1. The van der Waals surface area contributed by atoms with E-state index in [1.807, 2.05) is 4.68 Å². The number of urea groups is 1. The van der Waals surface area contributed by atoms with Gasteiger partial charge in [0.1, 0.15) is 0 Å². The molecular formula is C22H25ClN8O2. The molecule has 0 bridgehead atoms. The van der Waals surface area contributed by atoms with Crippen LogP contribution < -0.4 is 21.9 Å². The maximum atomic E-state index is 12.9. The van der Waals surface area contributed by atoms with Crippen LogP contribution in [0.15, 0.2) is 24.3 Å². The molecule has 2 fully saturated rings. The number of hydrogen-bond acceptors (Lipinski definition) is 5. The Morgan fingerprint density at radius 2 is 2.03 bits per heavy atom. The molecule has 3 aliphatic rings. The molecule has 1 aliphatic carbocycles. The number of fused-ring (bicyclic) bond motifs is 2. The largest absolute Gasteiger partial charge is 0.365 e. The van der Waals surface area contributed by atoms with Gasteiger partial charge in [0, 0.05) is 30.7 Å². The summed E-state index contributed by atoms with van der Waals surface area (Å²) in [7, 11) is 0. The standard InChI is InChI=1S/C22H25ClN8O2/c1-25-14-2-4-15(5-3-14)27-22(33)30-6-7-31-17(11-30)18(21(24)32)20(29-31)12-8-13-10-26-28-19(13)16(23)9-12/h2-5,12-13,16,19,26,28H,6-11H2,(H2,24,32)(H,27,33). The SMILES string of the molecule is [C-]#[N+]c1ccc(NC(=O)N2CCn3nc(C4CC(Cl)C5NNCC5C4)c(C(N)=O)c3C2)cc1. The maximum absolute atomic E-state index is 12.9. The lowest BCUT2D eigenvalue weighted by molar-refractivity contribution is 0.0995. The van der Waals surface area contributed by atoms with Crippen molar-refractivity contribution in [3.05, 3.63) is 52.6 Å². The van der Waals surface area contributed by atoms with Gasteiger partial charge in [-0.15, -0.1) is 11.6 Å². The second-order valence-corrected chi connectivity index (χ2v) is 9.36. The molecule has 1 saturated heterocycles. The van der Waals surface area contributed by atoms with Crippen LogP contribution >= 0.6 is 11.6 Å². The molecule has 3 heterocycles. The Morgan fingerprint density at radius 1 is 1.24 bits per heavy atom. The first-order valence-electron chi connectivity index (χ1n) is 11.0. The van der Waals surface area contributed by atoms with E-state index >= 15 is 0 Å². The van der Waals surface area contributed by atoms with Gasteiger partial charge >= 0.3 is 6.03 Å². The molecule has 2 aliphatic heterocycles. The summed E-state index contributed by atoms with van der Waals surface area (Å²) in [5, 5.41) is 7.55. The van der Waals surface area contributed by atoms with Crippen LogP contribution in [0.2, 0.25) is 0 Å². The number of nitrogens with two attached hydrogens (primary N) is 1. The highest BCUT2D eigenvalue weighted by molar-refractivity contribution is 6.21. The number of primary amides is 1. The van der Waals surface area contributed by atoms with Crippen LogP contribution in [0.4, 0.5) is 16.2 Å². The maximum Gasteiger partial charge on any atom is 0.322 e. The number of carbonyl (C=O) groups excluding carboxylic acids is 2. The number of benzene rings is 1. The third kappa shape index (κ3) is 4.04. The molecule has 2 aromatic rings. The first-order chi connectivity index (χ1) is 15.9. The molecule has 1 aromatic heterocycles. The lowest BCUT2D eigenvalue weighted by Gasteiger charge is -2.34. The summed E-state index contributed by atoms with van der Waals surface area (Å²) in [5.74, 6) is -0.124. The van der Waals surface area contributed by atoms with E-state index in [4.69, 9.17) is 29.0 Å². The van der Waals surface area contributed by atoms with Gasteiger partial charge in [0.05, 0.1) is 42.0 Å². The number of carbonyl (C=O) groups is 2. The Kier molecular flexibility index (Phi) is 5.70. The second kappa shape index (κ2) is 8.67. The molecule has 0 spiro atoms. The smallest absolute Gasteiger partial charge is 0.322 e. The zero-order valence-corrected chi connectivity index (χ0v) is 18.7. The highest BCUT2D eigenvalue weighted by Crippen LogP contribution is 2.41. The summed E-state index contributed by atoms with van der Waals surface area (Å²) in [5.41, 5.74) is 15.1. The molecule has 5 rings (SSSR count). The molecular weight excluding hydrogens is 444 g/mol. The van der Waals surface area contributed by atoms with Crippen LogP contribution in [0.25, 0.3) is 4.85 Å². The molecule has 0 radical (unpaired) electrons. The number of nitrogens with one attached hydrogen (secondary N) is 3. The number of aromatic nitrogens is 2. The van der Waals surface area contributed by atoms with Gasteiger partial charge in [-0.25, -0.2) is 9.64 Å². The van der Waals surface area contributed by atoms with E-state index < -0.39 is 5.91 Å². The number of halogens is 1. The van der Waals surface area contributed by atoms with Crippen molar-refractivity contribution >= 4 is 34.9 Å². The highest BCUT2D eigenvalue weighted by atomic mass is 35.5. The number of anilines is 1. The van der Waals surface area contributed by atoms with Crippen molar-refractivity contribution in [1.29, 1.82) is 0 Å². The lowest BCUT2D eigenvalue weighted by atomic mass is 9.76. The number of nitrogens with zero attached hydrogens (tertiary/aromatic N) is 4. The first kappa shape index (κ1) is 21.7. The first-order valence-corrected chi connectivity index (χ1v) is 11.4. The molecule has 4 unspecified atom stereocenters. The summed E-state index contributed by atoms with van der Waals surface area (Å²) < 4.78 is 1.81. The van der Waals surface area contributed by atoms with Gasteiger partial charge in [-0.3, -0.25) is 20.3 Å². The molecule has 1 aromatic carbocycles. The van der Waals surface area contributed by atoms with Crippen molar-refractivity contribution in [2.75, 3.05) is 18.4 Å². The fraction of sp³-hybridized carbons (Fsp3) is 0.455. The van der Waals surface area contributed by atoms with Crippen LogP contribution in [0.1, 0.15) is 40.5 Å². The molecule has 3 amide bonds. The fourth-order valence-electron chi connectivity index (χ4n) is 5.16. The molecule has 1 saturated carbocycles. The molecule has 5 N–H and O–H groups in total. The summed E-state index contributed by atoms with van der Waals surface area (Å²) in [6, 6.07) is 6.62. The van der Waals surface area contributed by atoms with Gasteiger partial charge in [-0.1, -0.05) is 12.1 Å². The number of alkyl halides is 1. The summed E-state index contributed by atoms with van der Waals surface area (Å²) in [6.07, 6.45) is 1.58. The number of rotatable bonds is 3. The third-order valence-corrected chi connectivity index (χ3v) is 7.25. The van der Waals surface area contributed by atoms with Crippen molar-refractivity contribution < 1.29 is 9.59 Å². The molecule has 172 valence electrons. The van der Waals surface area contributed by atoms with Crippen LogP contribution in [0.3, 0.4) is 0 Å². The van der Waals surface area contributed by atoms with Gasteiger partial charge in [-0.05, 0) is 30.9 Å². The van der Waals surface area contributed by atoms with E-state index in [1.54, 1.807) is 29.2 Å². The molecule has 33 heavy (non-hydrogen) atoms. The predicted octanol–water partition coefficient (Wildman–Crippen LogP) is 2.16. The van der Waals surface area contributed by atoms with Crippen molar-refractivity contribution in [1.82, 2.24) is 25.5 Å². The second-order valence-electron chi connectivity index (χ2n) is 8.80. The summed E-state index contributed by atoms with van der Waals surface area (Å²) in [6.45, 7) is 9.04. The van der Waals surface area contributed by atoms with Crippen LogP contribution in [-0.4, -0.2) is 51.1 Å². The molecule has 11 heteroatoms. The number of hydrogen-bond donors (Lipinski definition) is 4. The Bertz CT molecular complexity index is 1120. The average Bonchev–Trinajstić information content (AvgIpc) is 3.44. The van der Waals surface area contributed by atoms with Gasteiger partial charge in [-0.2, -0.15) is 5.10 Å². The van der Waals surface area contributed by atoms with E-state index in [9.17, 15) is 9.59 Å². The van der Waals surface area contributed by atoms with E-state index in [-0.39, 0.29) is 29.9 Å². The zero-order chi connectivity index (χ0) is 23.1. The van der Waals surface area contributed by atoms with Crippen LogP contribution in [0, 0.1) is 12.5 Å². The van der Waals surface area contributed by atoms with E-state index in [0.717, 1.165) is 13.0 Å². The average molecular weight is 469 g/mol. The molecule has 4 atom stereocenters. The Morgan fingerprint density at radius 3 is 2.76 bits per heavy atom. The molecule has 10 nitrogen and oxygen atoms in total. The van der Waals surface area contributed by atoms with Gasteiger partial charge in [0.15, 0.2) is 5.69 Å². The van der Waals surface area contributed by atoms with Gasteiger partial charge in [0.2, 0.25) is 0 Å². The minimum absolute atomic E-state index is 0.0410.